The number of carbonyl (C=O) groups is 1. The number of carboxylic acid groups (broad SMARTS) is 1. The van der Waals surface area contributed by atoms with Gasteiger partial charge in [0.1, 0.15) is 11.5 Å². The van der Waals surface area contributed by atoms with Gasteiger partial charge in [0.2, 0.25) is 0 Å². The molecule has 0 bridgehead atoms. The summed E-state index contributed by atoms with van der Waals surface area (Å²) >= 11 is 0. The second-order valence-corrected chi connectivity index (χ2v) is 7.65. The highest BCUT2D eigenvalue weighted by Crippen LogP contribution is 2.39. The van der Waals surface area contributed by atoms with E-state index in [1.165, 1.54) is 36.7 Å². The Balaban J connectivity index is 1.52. The van der Waals surface area contributed by atoms with Crippen LogP contribution in [0.25, 0.3) is 0 Å². The maximum atomic E-state index is 13.3. The van der Waals surface area contributed by atoms with Crippen LogP contribution in [0.3, 0.4) is 0 Å². The van der Waals surface area contributed by atoms with Gasteiger partial charge in [-0.1, -0.05) is 18.2 Å². The minimum atomic E-state index is -4.50. The topological polar surface area (TPSA) is 71.5 Å². The first-order valence-electron chi connectivity index (χ1n) is 10.2. The van der Waals surface area contributed by atoms with Crippen LogP contribution in [0.15, 0.2) is 60.9 Å². The molecule has 1 atom stereocenters. The summed E-state index contributed by atoms with van der Waals surface area (Å²) in [4.78, 5) is 15.4. The second kappa shape index (κ2) is 8.90. The van der Waals surface area contributed by atoms with Gasteiger partial charge in [-0.15, -0.1) is 0 Å². The molecule has 1 unspecified atom stereocenters. The van der Waals surface area contributed by atoms with Crippen molar-refractivity contribution in [1.82, 2.24) is 4.98 Å². The molecule has 166 valence electrons. The van der Waals surface area contributed by atoms with Gasteiger partial charge in [-0.05, 0) is 60.7 Å². The fourth-order valence-electron chi connectivity index (χ4n) is 4.04. The first kappa shape index (κ1) is 21.7. The number of nitrogens with zero attached hydrogens (tertiary/aromatic N) is 1. The van der Waals surface area contributed by atoms with Crippen molar-refractivity contribution < 1.29 is 27.8 Å². The first-order valence-corrected chi connectivity index (χ1v) is 10.2. The fraction of sp³-hybridized carbons (Fsp3) is 0.250. The molecule has 3 aromatic rings. The van der Waals surface area contributed by atoms with Crippen LogP contribution in [-0.2, 0) is 12.6 Å². The van der Waals surface area contributed by atoms with E-state index in [0.29, 0.717) is 18.0 Å². The van der Waals surface area contributed by atoms with E-state index in [4.69, 9.17) is 4.74 Å². The third-order valence-electron chi connectivity index (χ3n) is 5.56. The molecule has 0 saturated carbocycles. The lowest BCUT2D eigenvalue weighted by Gasteiger charge is -2.27. The summed E-state index contributed by atoms with van der Waals surface area (Å²) in [6.07, 6.45) is 1.06. The fourth-order valence-corrected chi connectivity index (χ4v) is 4.04. The Morgan fingerprint density at radius 2 is 2.00 bits per heavy atom. The molecule has 1 aromatic heterocycles. The van der Waals surface area contributed by atoms with Crippen molar-refractivity contribution in [3.63, 3.8) is 0 Å². The predicted molar refractivity (Wildman–Crippen MR) is 113 cm³/mol. The van der Waals surface area contributed by atoms with E-state index >= 15 is 0 Å². The minimum Gasteiger partial charge on any atom is -0.478 e. The van der Waals surface area contributed by atoms with E-state index in [1.807, 2.05) is 6.07 Å². The van der Waals surface area contributed by atoms with Crippen LogP contribution < -0.4 is 10.1 Å². The van der Waals surface area contributed by atoms with Gasteiger partial charge >= 0.3 is 12.1 Å². The number of aromatic carboxylic acids is 1. The maximum Gasteiger partial charge on any atom is 0.419 e. The molecule has 8 heteroatoms. The zero-order valence-corrected chi connectivity index (χ0v) is 17.0. The molecule has 0 spiro atoms. The molecule has 0 fully saturated rings. The number of para-hydroxylation sites is 1. The van der Waals surface area contributed by atoms with Crippen LogP contribution in [0.4, 0.5) is 18.9 Å². The highest BCUT2D eigenvalue weighted by atomic mass is 19.4. The molecule has 2 aromatic carbocycles. The number of hydrogen-bond acceptors (Lipinski definition) is 4. The summed E-state index contributed by atoms with van der Waals surface area (Å²) in [5, 5.41) is 12.5. The van der Waals surface area contributed by atoms with Crippen molar-refractivity contribution in [2.45, 2.75) is 31.4 Å². The predicted octanol–water partition coefficient (Wildman–Crippen LogP) is 6.12. The number of halogens is 3. The van der Waals surface area contributed by atoms with Crippen molar-refractivity contribution in [3.05, 3.63) is 83.2 Å². The molecule has 32 heavy (non-hydrogen) atoms. The molecule has 2 N–H and O–H groups in total. The van der Waals surface area contributed by atoms with E-state index < -0.39 is 17.7 Å². The van der Waals surface area contributed by atoms with Gasteiger partial charge in [-0.2, -0.15) is 13.2 Å². The lowest BCUT2D eigenvalue weighted by Crippen LogP contribution is -2.19. The van der Waals surface area contributed by atoms with Crippen LogP contribution >= 0.6 is 0 Å². The smallest absolute Gasteiger partial charge is 0.419 e. The van der Waals surface area contributed by atoms with Gasteiger partial charge in [0.25, 0.3) is 0 Å². The number of aromatic nitrogens is 1. The Kier molecular flexibility index (Phi) is 6.03. The molecule has 1 aliphatic rings. The molecule has 0 amide bonds. The van der Waals surface area contributed by atoms with E-state index in [-0.39, 0.29) is 17.2 Å². The van der Waals surface area contributed by atoms with Crippen LogP contribution in [0, 0.1) is 0 Å². The van der Waals surface area contributed by atoms with Gasteiger partial charge in [0, 0.05) is 18.7 Å². The van der Waals surface area contributed by atoms with Gasteiger partial charge in [0.05, 0.1) is 23.0 Å². The molecule has 4 rings (SSSR count). The minimum absolute atomic E-state index is 0.136. The van der Waals surface area contributed by atoms with Crippen LogP contribution in [0.5, 0.6) is 11.5 Å². The third-order valence-corrected chi connectivity index (χ3v) is 5.56. The highest BCUT2D eigenvalue weighted by Gasteiger charge is 2.34. The van der Waals surface area contributed by atoms with Crippen molar-refractivity contribution in [2.24, 2.45) is 0 Å². The number of carboxylic acids is 1. The molecular formula is C24H21F3N2O3. The number of aryl methyl sites for hydroxylation is 1. The molecule has 1 aliphatic carbocycles. The molecular weight excluding hydrogens is 421 g/mol. The Morgan fingerprint density at radius 3 is 2.78 bits per heavy atom. The average Bonchev–Trinajstić information content (AvgIpc) is 2.77. The number of nitrogens with one attached hydrogen (secondary N) is 1. The van der Waals surface area contributed by atoms with Crippen molar-refractivity contribution >= 4 is 11.7 Å². The molecule has 0 radical (unpaired) electrons. The maximum absolute atomic E-state index is 13.3. The van der Waals surface area contributed by atoms with Crippen molar-refractivity contribution in [3.8, 4) is 11.5 Å². The van der Waals surface area contributed by atoms with Gasteiger partial charge in [0.15, 0.2) is 0 Å². The molecule has 5 nitrogen and oxygen atoms in total. The number of alkyl halides is 3. The van der Waals surface area contributed by atoms with Crippen molar-refractivity contribution in [2.75, 3.05) is 11.9 Å². The summed E-state index contributed by atoms with van der Waals surface area (Å²) in [5.74, 6) is -0.766. The lowest BCUT2D eigenvalue weighted by atomic mass is 9.82. The van der Waals surface area contributed by atoms with Gasteiger partial charge < -0.3 is 15.2 Å². The summed E-state index contributed by atoms with van der Waals surface area (Å²) in [5.41, 5.74) is 1.90. The van der Waals surface area contributed by atoms with E-state index in [2.05, 4.69) is 10.3 Å². The van der Waals surface area contributed by atoms with E-state index in [9.17, 15) is 23.1 Å². The van der Waals surface area contributed by atoms with Gasteiger partial charge in [-0.3, -0.25) is 4.98 Å². The quantitative estimate of drug-likeness (QED) is 0.481. The van der Waals surface area contributed by atoms with Crippen molar-refractivity contribution in [1.29, 1.82) is 0 Å². The average molecular weight is 442 g/mol. The number of ether oxygens (including phenoxy) is 1. The second-order valence-electron chi connectivity index (χ2n) is 7.65. The normalized spacial score (nSPS) is 15.7. The Labute approximate surface area is 182 Å². The summed E-state index contributed by atoms with van der Waals surface area (Å²) < 4.78 is 45.4. The SMILES string of the molecule is O=C(O)c1ccncc1NCC1CCCc2cc(Oc3ccccc3C(F)(F)F)ccc21. The Bertz CT molecular complexity index is 1130. The zero-order valence-electron chi connectivity index (χ0n) is 17.0. The Hall–Kier alpha value is -3.55. The number of benzene rings is 2. The van der Waals surface area contributed by atoms with E-state index in [1.54, 1.807) is 12.1 Å². The van der Waals surface area contributed by atoms with Crippen LogP contribution in [-0.4, -0.2) is 22.6 Å². The molecule has 0 aliphatic heterocycles. The number of fused-ring (bicyclic) bond motifs is 1. The first-order chi connectivity index (χ1) is 15.3. The van der Waals surface area contributed by atoms with Crippen LogP contribution in [0.1, 0.15) is 45.8 Å². The number of anilines is 1. The zero-order chi connectivity index (χ0) is 22.7. The van der Waals surface area contributed by atoms with Crippen LogP contribution in [0.2, 0.25) is 0 Å². The molecule has 1 heterocycles. The third kappa shape index (κ3) is 4.69. The highest BCUT2D eigenvalue weighted by molar-refractivity contribution is 5.93. The summed E-state index contributed by atoms with van der Waals surface area (Å²) in [6.45, 7) is 0.524. The summed E-state index contributed by atoms with van der Waals surface area (Å²) in [6, 6.07) is 11.9. The monoisotopic (exact) mass is 442 g/mol. The van der Waals surface area contributed by atoms with Gasteiger partial charge in [-0.25, -0.2) is 4.79 Å². The largest absolute Gasteiger partial charge is 0.478 e. The number of hydrogen-bond donors (Lipinski definition) is 2. The van der Waals surface area contributed by atoms with E-state index in [0.717, 1.165) is 36.5 Å². The molecule has 0 saturated heterocycles. The lowest BCUT2D eigenvalue weighted by molar-refractivity contribution is -0.138. The number of rotatable bonds is 6. The standard InChI is InChI=1S/C24H21F3N2O3/c25-24(26,27)20-6-1-2-7-22(20)32-17-8-9-18-15(12-17)4-3-5-16(18)13-29-21-14-28-11-10-19(21)23(30)31/h1-2,6-12,14,16,29H,3-5,13H2,(H,30,31). The summed E-state index contributed by atoms with van der Waals surface area (Å²) in [7, 11) is 0. The number of pyridine rings is 1. The Morgan fingerprint density at radius 1 is 1.19 bits per heavy atom.